The summed E-state index contributed by atoms with van der Waals surface area (Å²) in [6.07, 6.45) is 6.35. The van der Waals surface area contributed by atoms with Crippen LogP contribution in [0.5, 0.6) is 0 Å². The lowest BCUT2D eigenvalue weighted by Gasteiger charge is -2.22. The molecular formula is C15H25N3O3. The predicted molar refractivity (Wildman–Crippen MR) is 82.5 cm³/mol. The lowest BCUT2D eigenvalue weighted by molar-refractivity contribution is -0.140. The van der Waals surface area contributed by atoms with E-state index in [1.807, 2.05) is 20.8 Å². The van der Waals surface area contributed by atoms with Crippen molar-refractivity contribution in [3.05, 3.63) is 22.7 Å². The Morgan fingerprint density at radius 3 is 2.67 bits per heavy atom. The summed E-state index contributed by atoms with van der Waals surface area (Å²) in [6.45, 7) is 6.60. The summed E-state index contributed by atoms with van der Waals surface area (Å²) in [7, 11) is 1.39. The number of ether oxygens (including phenoxy) is 1. The van der Waals surface area contributed by atoms with Gasteiger partial charge in [0.15, 0.2) is 5.82 Å². The van der Waals surface area contributed by atoms with Crippen LogP contribution in [0.3, 0.4) is 0 Å². The van der Waals surface area contributed by atoms with Crippen molar-refractivity contribution in [1.82, 2.24) is 9.55 Å². The maximum absolute atomic E-state index is 12.2. The van der Waals surface area contributed by atoms with Gasteiger partial charge < -0.3 is 14.6 Å². The molecule has 0 saturated carbocycles. The minimum absolute atomic E-state index is 0.112. The standard InChI is InChI=1S/C15H25N3O3/c1-15(2,3)18-11-10-17-13(14(18)20)16-9-7-5-6-8-12(19)21-4/h10-11H,5-9H2,1-4H3,(H,16,17). The topological polar surface area (TPSA) is 73.2 Å². The zero-order valence-electron chi connectivity index (χ0n) is 13.3. The Kier molecular flexibility index (Phi) is 6.39. The molecule has 1 aromatic heterocycles. The van der Waals surface area contributed by atoms with Crippen molar-refractivity contribution < 1.29 is 9.53 Å². The third kappa shape index (κ3) is 5.57. The number of hydrogen-bond donors (Lipinski definition) is 1. The molecule has 1 N–H and O–H groups in total. The van der Waals surface area contributed by atoms with Gasteiger partial charge in [-0.2, -0.15) is 0 Å². The first-order valence-corrected chi connectivity index (χ1v) is 7.25. The van der Waals surface area contributed by atoms with E-state index in [0.717, 1.165) is 19.3 Å². The average molecular weight is 295 g/mol. The Labute approximate surface area is 125 Å². The van der Waals surface area contributed by atoms with Crippen molar-refractivity contribution >= 4 is 11.8 Å². The Morgan fingerprint density at radius 1 is 1.33 bits per heavy atom. The number of nitrogens with zero attached hydrogens (tertiary/aromatic N) is 2. The molecule has 0 fully saturated rings. The molecule has 6 heteroatoms. The van der Waals surface area contributed by atoms with Gasteiger partial charge >= 0.3 is 5.97 Å². The van der Waals surface area contributed by atoms with Crippen molar-refractivity contribution in [1.29, 1.82) is 0 Å². The van der Waals surface area contributed by atoms with Gasteiger partial charge in [0.2, 0.25) is 0 Å². The molecule has 0 radical (unpaired) electrons. The fourth-order valence-corrected chi connectivity index (χ4v) is 1.94. The van der Waals surface area contributed by atoms with E-state index in [-0.39, 0.29) is 17.1 Å². The van der Waals surface area contributed by atoms with Gasteiger partial charge in [-0.25, -0.2) is 4.98 Å². The van der Waals surface area contributed by atoms with Crippen molar-refractivity contribution in [2.24, 2.45) is 0 Å². The van der Waals surface area contributed by atoms with Crippen LogP contribution in [0.2, 0.25) is 0 Å². The molecule has 21 heavy (non-hydrogen) atoms. The van der Waals surface area contributed by atoms with Gasteiger partial charge in [-0.3, -0.25) is 9.59 Å². The van der Waals surface area contributed by atoms with E-state index in [2.05, 4.69) is 15.0 Å². The number of nitrogens with one attached hydrogen (secondary N) is 1. The first kappa shape index (κ1) is 17.2. The maximum atomic E-state index is 12.2. The molecule has 0 aliphatic heterocycles. The van der Waals surface area contributed by atoms with Crippen LogP contribution in [0.25, 0.3) is 0 Å². The SMILES string of the molecule is COC(=O)CCCCCNc1nccn(C(C)(C)C)c1=O. The highest BCUT2D eigenvalue weighted by atomic mass is 16.5. The number of carbonyl (C=O) groups excluding carboxylic acids is 1. The summed E-state index contributed by atoms with van der Waals surface area (Å²) in [5.74, 6) is 0.196. The minimum atomic E-state index is -0.267. The number of unbranched alkanes of at least 4 members (excludes halogenated alkanes) is 2. The Hall–Kier alpha value is -1.85. The highest BCUT2D eigenvalue weighted by Crippen LogP contribution is 2.10. The van der Waals surface area contributed by atoms with E-state index in [1.165, 1.54) is 7.11 Å². The molecule has 0 amide bonds. The van der Waals surface area contributed by atoms with Gasteiger partial charge in [-0.15, -0.1) is 0 Å². The molecule has 0 aliphatic rings. The summed E-state index contributed by atoms with van der Waals surface area (Å²) in [4.78, 5) is 27.3. The van der Waals surface area contributed by atoms with Crippen LogP contribution in [0.15, 0.2) is 17.2 Å². The third-order valence-electron chi connectivity index (χ3n) is 3.14. The third-order valence-corrected chi connectivity index (χ3v) is 3.14. The molecule has 118 valence electrons. The lowest BCUT2D eigenvalue weighted by Crippen LogP contribution is -2.35. The van der Waals surface area contributed by atoms with Crippen LogP contribution in [-0.4, -0.2) is 29.2 Å². The summed E-state index contributed by atoms with van der Waals surface area (Å²) < 4.78 is 6.24. The normalized spacial score (nSPS) is 11.2. The summed E-state index contributed by atoms with van der Waals surface area (Å²) in [6, 6.07) is 0. The van der Waals surface area contributed by atoms with E-state index in [4.69, 9.17) is 0 Å². The molecule has 0 unspecified atom stereocenters. The molecule has 0 aliphatic carbocycles. The number of aromatic nitrogens is 2. The molecule has 1 heterocycles. The molecule has 1 rings (SSSR count). The fraction of sp³-hybridized carbons (Fsp3) is 0.667. The zero-order chi connectivity index (χ0) is 15.9. The largest absolute Gasteiger partial charge is 0.469 e. The smallest absolute Gasteiger partial charge is 0.305 e. The lowest BCUT2D eigenvalue weighted by atomic mass is 10.1. The van der Waals surface area contributed by atoms with Crippen molar-refractivity contribution in [2.45, 2.75) is 52.0 Å². The molecule has 0 spiro atoms. The quantitative estimate of drug-likeness (QED) is 0.616. The molecule has 0 atom stereocenters. The molecular weight excluding hydrogens is 270 g/mol. The predicted octanol–water partition coefficient (Wildman–Crippen LogP) is 2.14. The Balaban J connectivity index is 2.43. The van der Waals surface area contributed by atoms with Gasteiger partial charge in [0.1, 0.15) is 0 Å². The van der Waals surface area contributed by atoms with E-state index in [9.17, 15) is 9.59 Å². The van der Waals surface area contributed by atoms with Gasteiger partial charge in [0, 0.05) is 30.9 Å². The van der Waals surface area contributed by atoms with E-state index in [1.54, 1.807) is 17.0 Å². The fourth-order valence-electron chi connectivity index (χ4n) is 1.94. The number of hydrogen-bond acceptors (Lipinski definition) is 5. The van der Waals surface area contributed by atoms with Gasteiger partial charge in [-0.05, 0) is 33.6 Å². The van der Waals surface area contributed by atoms with Crippen LogP contribution in [-0.2, 0) is 15.1 Å². The molecule has 0 saturated heterocycles. The highest BCUT2D eigenvalue weighted by Gasteiger charge is 2.16. The van der Waals surface area contributed by atoms with E-state index >= 15 is 0 Å². The number of esters is 1. The summed E-state index contributed by atoms with van der Waals surface area (Å²) >= 11 is 0. The minimum Gasteiger partial charge on any atom is -0.469 e. The van der Waals surface area contributed by atoms with Gasteiger partial charge in [0.05, 0.1) is 7.11 Å². The van der Waals surface area contributed by atoms with Crippen molar-refractivity contribution in [3.8, 4) is 0 Å². The average Bonchev–Trinajstić information content (AvgIpc) is 2.42. The van der Waals surface area contributed by atoms with Crippen molar-refractivity contribution in [3.63, 3.8) is 0 Å². The van der Waals surface area contributed by atoms with Gasteiger partial charge in [0.25, 0.3) is 5.56 Å². The van der Waals surface area contributed by atoms with E-state index in [0.29, 0.717) is 18.8 Å². The zero-order valence-corrected chi connectivity index (χ0v) is 13.3. The molecule has 0 aromatic carbocycles. The first-order chi connectivity index (χ1) is 9.86. The summed E-state index contributed by atoms with van der Waals surface area (Å²) in [5.41, 5.74) is -0.378. The Bertz CT molecular complexity index is 518. The number of carbonyl (C=O) groups is 1. The highest BCUT2D eigenvalue weighted by molar-refractivity contribution is 5.68. The summed E-state index contributed by atoms with van der Waals surface area (Å²) in [5, 5.41) is 3.07. The monoisotopic (exact) mass is 295 g/mol. The second-order valence-corrected chi connectivity index (χ2v) is 5.94. The first-order valence-electron chi connectivity index (χ1n) is 7.25. The number of anilines is 1. The van der Waals surface area contributed by atoms with E-state index < -0.39 is 0 Å². The maximum Gasteiger partial charge on any atom is 0.305 e. The van der Waals surface area contributed by atoms with Crippen LogP contribution in [0, 0.1) is 0 Å². The number of methoxy groups -OCH3 is 1. The van der Waals surface area contributed by atoms with Crippen LogP contribution in [0.1, 0.15) is 46.5 Å². The van der Waals surface area contributed by atoms with Crippen LogP contribution >= 0.6 is 0 Å². The van der Waals surface area contributed by atoms with Gasteiger partial charge in [-0.1, -0.05) is 6.42 Å². The van der Waals surface area contributed by atoms with Crippen molar-refractivity contribution in [2.75, 3.05) is 19.0 Å². The van der Waals surface area contributed by atoms with Crippen LogP contribution in [0.4, 0.5) is 5.82 Å². The molecule has 6 nitrogen and oxygen atoms in total. The van der Waals surface area contributed by atoms with Crippen LogP contribution < -0.4 is 10.9 Å². The molecule has 0 bridgehead atoms. The second-order valence-electron chi connectivity index (χ2n) is 5.94. The Morgan fingerprint density at radius 2 is 2.05 bits per heavy atom. The number of rotatable bonds is 7. The molecule has 1 aromatic rings. The second kappa shape index (κ2) is 7.81.